The number of hydrogen-bond donors (Lipinski definition) is 1. The molecule has 0 radical (unpaired) electrons. The maximum Gasteiger partial charge on any atom is 0.0342 e. The lowest BCUT2D eigenvalue weighted by molar-refractivity contribution is 1.43. The first-order chi connectivity index (χ1) is 8.93. The van der Waals surface area contributed by atoms with E-state index in [1.807, 2.05) is 24.5 Å². The van der Waals surface area contributed by atoms with E-state index in [1.165, 1.54) is 20.9 Å². The molecule has 0 aliphatic heterocycles. The van der Waals surface area contributed by atoms with Gasteiger partial charge >= 0.3 is 0 Å². The van der Waals surface area contributed by atoms with Crippen molar-refractivity contribution in [3.8, 4) is 0 Å². The van der Waals surface area contributed by atoms with Gasteiger partial charge in [0.25, 0.3) is 0 Å². The molecule has 2 aromatic heterocycles. The van der Waals surface area contributed by atoms with Gasteiger partial charge in [-0.3, -0.25) is 0 Å². The van der Waals surface area contributed by atoms with Crippen LogP contribution in [0.25, 0.3) is 20.9 Å². The van der Waals surface area contributed by atoms with E-state index in [4.69, 9.17) is 0 Å². The van der Waals surface area contributed by atoms with Gasteiger partial charge in [-0.25, -0.2) is 0 Å². The van der Waals surface area contributed by atoms with Crippen LogP contribution in [0.3, 0.4) is 0 Å². The monoisotopic (exact) mass is 251 g/mol. The summed E-state index contributed by atoms with van der Waals surface area (Å²) in [7, 11) is 0. The molecule has 4 aromatic rings. The van der Waals surface area contributed by atoms with Crippen molar-refractivity contribution in [3.63, 3.8) is 0 Å². The van der Waals surface area contributed by atoms with Crippen molar-refractivity contribution < 1.29 is 0 Å². The first kappa shape index (κ1) is 11.1. The largest absolute Gasteiger partial charge is 0.366 e. The summed E-state index contributed by atoms with van der Waals surface area (Å²) in [5.41, 5.74) is 0. The highest BCUT2D eigenvalue weighted by Gasteiger charge is 1.88. The lowest BCUT2D eigenvalue weighted by Crippen LogP contribution is -1.57. The van der Waals surface area contributed by atoms with Crippen molar-refractivity contribution >= 4 is 32.2 Å². The maximum absolute atomic E-state index is 3.04. The van der Waals surface area contributed by atoms with E-state index >= 15 is 0 Å². The minimum atomic E-state index is 1.28. The van der Waals surface area contributed by atoms with Gasteiger partial charge in [0.15, 0.2) is 0 Å². The fraction of sp³-hybridized carbons (Fsp3) is 0. The van der Waals surface area contributed by atoms with Crippen LogP contribution in [0.1, 0.15) is 0 Å². The molecule has 2 heteroatoms. The molecule has 2 heterocycles. The van der Waals surface area contributed by atoms with Crippen LogP contribution in [0, 0.1) is 0 Å². The van der Waals surface area contributed by atoms with Crippen molar-refractivity contribution in [2.45, 2.75) is 0 Å². The molecule has 18 heavy (non-hydrogen) atoms. The summed E-state index contributed by atoms with van der Waals surface area (Å²) in [4.78, 5) is 3.04. The molecule has 0 unspecified atom stereocenters. The first-order valence-corrected chi connectivity index (χ1v) is 6.75. The Hall–Kier alpha value is -2.06. The fourth-order valence-electron chi connectivity index (χ4n) is 1.90. The molecule has 1 nitrogen and oxygen atoms in total. The Kier molecular flexibility index (Phi) is 3.11. The Balaban J connectivity index is 0.000000111. The van der Waals surface area contributed by atoms with Gasteiger partial charge in [-0.05, 0) is 33.7 Å². The van der Waals surface area contributed by atoms with Crippen LogP contribution in [0.5, 0.6) is 0 Å². The summed E-state index contributed by atoms with van der Waals surface area (Å²) >= 11 is 1.79. The first-order valence-electron chi connectivity index (χ1n) is 5.87. The van der Waals surface area contributed by atoms with Crippen LogP contribution in [0.4, 0.5) is 0 Å². The summed E-state index contributed by atoms with van der Waals surface area (Å²) in [5.74, 6) is 0. The molecule has 0 spiro atoms. The van der Waals surface area contributed by atoms with Crippen molar-refractivity contribution in [1.29, 1.82) is 0 Å². The third-order valence-corrected chi connectivity index (χ3v) is 3.73. The van der Waals surface area contributed by atoms with E-state index in [-0.39, 0.29) is 0 Å². The van der Waals surface area contributed by atoms with Gasteiger partial charge in [-0.15, -0.1) is 11.3 Å². The zero-order valence-corrected chi connectivity index (χ0v) is 10.7. The van der Waals surface area contributed by atoms with Crippen molar-refractivity contribution in [2.75, 3.05) is 0 Å². The van der Waals surface area contributed by atoms with E-state index < -0.39 is 0 Å². The standard InChI is InChI=1S/C8H7N.C8H6S/c1-2-4-8-6-9-5-7(8)3-1;1-2-4-8-7(3-1)5-6-9-8/h1-6,9H;1-6H. The number of benzene rings is 2. The summed E-state index contributed by atoms with van der Waals surface area (Å²) in [6.45, 7) is 0. The number of hydrogen-bond acceptors (Lipinski definition) is 1. The van der Waals surface area contributed by atoms with Crippen LogP contribution < -0.4 is 0 Å². The number of aromatic nitrogens is 1. The number of aromatic amines is 1. The third-order valence-electron chi connectivity index (χ3n) is 2.84. The maximum atomic E-state index is 3.04. The van der Waals surface area contributed by atoms with E-state index in [9.17, 15) is 0 Å². The lowest BCUT2D eigenvalue weighted by atomic mass is 10.2. The topological polar surface area (TPSA) is 15.8 Å². The minimum absolute atomic E-state index is 1.28. The average Bonchev–Trinajstić information content (AvgIpc) is 3.08. The van der Waals surface area contributed by atoms with E-state index in [2.05, 4.69) is 52.8 Å². The van der Waals surface area contributed by atoms with Crippen molar-refractivity contribution in [2.24, 2.45) is 0 Å². The summed E-state index contributed by atoms with van der Waals surface area (Å²) in [6.07, 6.45) is 3.99. The smallest absolute Gasteiger partial charge is 0.0342 e. The van der Waals surface area contributed by atoms with Crippen molar-refractivity contribution in [1.82, 2.24) is 4.98 Å². The molecule has 88 valence electrons. The van der Waals surface area contributed by atoms with Crippen LogP contribution in [-0.2, 0) is 0 Å². The predicted octanol–water partition coefficient (Wildman–Crippen LogP) is 5.07. The second kappa shape index (κ2) is 5.07. The molecule has 0 aliphatic rings. The Labute approximate surface area is 110 Å². The molecule has 0 saturated carbocycles. The molecule has 2 aromatic carbocycles. The molecule has 0 fully saturated rings. The summed E-state index contributed by atoms with van der Waals surface area (Å²) in [6, 6.07) is 18.8. The predicted molar refractivity (Wildman–Crippen MR) is 80.1 cm³/mol. The molecule has 0 bridgehead atoms. The minimum Gasteiger partial charge on any atom is -0.366 e. The van der Waals surface area contributed by atoms with Crippen LogP contribution in [-0.4, -0.2) is 4.98 Å². The molecular weight excluding hydrogens is 238 g/mol. The Morgan fingerprint density at radius 1 is 0.667 bits per heavy atom. The number of H-pyrrole nitrogens is 1. The molecule has 0 atom stereocenters. The van der Waals surface area contributed by atoms with Crippen LogP contribution >= 0.6 is 11.3 Å². The highest BCUT2D eigenvalue weighted by atomic mass is 32.1. The zero-order chi connectivity index (χ0) is 12.2. The number of rotatable bonds is 0. The van der Waals surface area contributed by atoms with Gasteiger partial charge in [-0.1, -0.05) is 42.5 Å². The number of fused-ring (bicyclic) bond motifs is 2. The lowest BCUT2D eigenvalue weighted by Gasteiger charge is -1.82. The third kappa shape index (κ3) is 2.29. The quantitative estimate of drug-likeness (QED) is 0.449. The summed E-state index contributed by atoms with van der Waals surface area (Å²) < 4.78 is 1.37. The Morgan fingerprint density at radius 2 is 1.28 bits per heavy atom. The normalized spacial score (nSPS) is 10.2. The molecule has 0 saturated heterocycles. The Bertz CT molecular complexity index is 625. The zero-order valence-electron chi connectivity index (χ0n) is 9.84. The second-order valence-corrected chi connectivity index (χ2v) is 4.99. The van der Waals surface area contributed by atoms with Gasteiger partial charge in [0.2, 0.25) is 0 Å². The number of thiophene rings is 1. The molecular formula is C16H13NS. The molecule has 0 amide bonds. The van der Waals surface area contributed by atoms with Gasteiger partial charge in [0.1, 0.15) is 0 Å². The van der Waals surface area contributed by atoms with Crippen LogP contribution in [0.15, 0.2) is 72.4 Å². The number of nitrogens with one attached hydrogen (secondary N) is 1. The van der Waals surface area contributed by atoms with E-state index in [0.29, 0.717) is 0 Å². The summed E-state index contributed by atoms with van der Waals surface area (Å²) in [5, 5.41) is 6.02. The second-order valence-electron chi connectivity index (χ2n) is 4.04. The Morgan fingerprint density at radius 3 is 1.94 bits per heavy atom. The highest BCUT2D eigenvalue weighted by molar-refractivity contribution is 7.17. The van der Waals surface area contributed by atoms with Gasteiger partial charge < -0.3 is 4.98 Å². The van der Waals surface area contributed by atoms with E-state index in [0.717, 1.165) is 0 Å². The van der Waals surface area contributed by atoms with Gasteiger partial charge in [-0.2, -0.15) is 0 Å². The SMILES string of the molecule is c1ccc2c[nH]cc2c1.c1ccc2sccc2c1. The highest BCUT2D eigenvalue weighted by Crippen LogP contribution is 2.18. The molecule has 1 N–H and O–H groups in total. The van der Waals surface area contributed by atoms with Gasteiger partial charge in [0.05, 0.1) is 0 Å². The fourth-order valence-corrected chi connectivity index (χ4v) is 2.69. The van der Waals surface area contributed by atoms with E-state index in [1.54, 1.807) is 11.3 Å². The van der Waals surface area contributed by atoms with Gasteiger partial charge in [0, 0.05) is 17.1 Å². The molecule has 4 rings (SSSR count). The van der Waals surface area contributed by atoms with Crippen molar-refractivity contribution in [3.05, 3.63) is 72.4 Å². The van der Waals surface area contributed by atoms with Crippen LogP contribution in [0.2, 0.25) is 0 Å². The average molecular weight is 251 g/mol. The molecule has 0 aliphatic carbocycles.